The lowest BCUT2D eigenvalue weighted by atomic mass is 9.33. The molecule has 0 spiro atoms. The van der Waals surface area contributed by atoms with Gasteiger partial charge >= 0.3 is 0 Å². The van der Waals surface area contributed by atoms with E-state index in [0.717, 1.165) is 0 Å². The minimum atomic E-state index is -1.09. The summed E-state index contributed by atoms with van der Waals surface area (Å²) in [5.41, 5.74) is -1.24. The first-order valence-corrected chi connectivity index (χ1v) is 8.59. The zero-order chi connectivity index (χ0) is 18.2. The largest absolute Gasteiger partial charge is 0.294 e. The van der Waals surface area contributed by atoms with E-state index in [0.29, 0.717) is 11.1 Å². The van der Waals surface area contributed by atoms with Crippen LogP contribution < -0.4 is 0 Å². The molecule has 0 N–H and O–H groups in total. The highest BCUT2D eigenvalue weighted by Crippen LogP contribution is 2.69. The number of carbonyl (C=O) groups excluding carboxylic acids is 4. The van der Waals surface area contributed by atoms with Gasteiger partial charge in [-0.15, -0.1) is 0 Å². The van der Waals surface area contributed by atoms with Gasteiger partial charge in [-0.05, 0) is 24.0 Å². The smallest absolute Gasteiger partial charge is 0.164 e. The first kappa shape index (κ1) is 17.0. The van der Waals surface area contributed by atoms with Gasteiger partial charge in [-0.25, -0.2) is 0 Å². The molecule has 3 aliphatic carbocycles. The summed E-state index contributed by atoms with van der Waals surface area (Å²) < 4.78 is 0. The minimum absolute atomic E-state index is 0.0789. The van der Waals surface area contributed by atoms with Crippen LogP contribution >= 0.6 is 0 Å². The van der Waals surface area contributed by atoms with Crippen LogP contribution in [-0.4, -0.2) is 23.1 Å². The summed E-state index contributed by atoms with van der Waals surface area (Å²) in [5.74, 6) is -2.29. The number of hydrogen-bond acceptors (Lipinski definition) is 4. The number of carbonyl (C=O) groups is 4. The highest BCUT2D eigenvalue weighted by atomic mass is 16.2. The molecule has 1 fully saturated rings. The third kappa shape index (κ3) is 1.69. The molecule has 0 amide bonds. The van der Waals surface area contributed by atoms with E-state index in [1.54, 1.807) is 13.8 Å². The molecule has 0 atom stereocenters. The first-order valence-electron chi connectivity index (χ1n) is 8.59. The molecule has 0 heterocycles. The summed E-state index contributed by atoms with van der Waals surface area (Å²) in [6.45, 7) is 10.8. The molecule has 0 unspecified atom stereocenters. The van der Waals surface area contributed by atoms with E-state index in [9.17, 15) is 19.2 Å². The molecule has 0 aromatic heterocycles. The molecular weight excluding hydrogens is 304 g/mol. The molecule has 3 aliphatic rings. The van der Waals surface area contributed by atoms with Gasteiger partial charge in [0.15, 0.2) is 23.1 Å². The molecule has 24 heavy (non-hydrogen) atoms. The summed E-state index contributed by atoms with van der Waals surface area (Å²) >= 11 is 0. The van der Waals surface area contributed by atoms with Crippen LogP contribution in [0.25, 0.3) is 0 Å². The Morgan fingerprint density at radius 3 is 1.25 bits per heavy atom. The second-order valence-electron chi connectivity index (χ2n) is 8.40. The van der Waals surface area contributed by atoms with Crippen LogP contribution in [0, 0.1) is 34.5 Å². The third-order valence-corrected chi connectivity index (χ3v) is 6.37. The molecule has 4 nitrogen and oxygen atoms in total. The van der Waals surface area contributed by atoms with Crippen LogP contribution in [0.5, 0.6) is 0 Å². The molecule has 128 valence electrons. The maximum absolute atomic E-state index is 13.0. The quantitative estimate of drug-likeness (QED) is 0.781. The number of rotatable bonds is 2. The van der Waals surface area contributed by atoms with Gasteiger partial charge in [-0.2, -0.15) is 0 Å². The van der Waals surface area contributed by atoms with E-state index in [1.165, 1.54) is 12.2 Å². The van der Waals surface area contributed by atoms with Crippen molar-refractivity contribution >= 4 is 23.1 Å². The van der Waals surface area contributed by atoms with Gasteiger partial charge in [0.2, 0.25) is 0 Å². The van der Waals surface area contributed by atoms with Crippen LogP contribution in [0.2, 0.25) is 0 Å². The standard InChI is InChI=1S/C20H24O4/c1-9(2)11-7-13(21)19(5)17(15(11)23)20(6)14(22)8-12(10(3)4)16(24)18(19)20/h7-10,17-18H,1-6H3. The van der Waals surface area contributed by atoms with Crippen molar-refractivity contribution < 1.29 is 19.2 Å². The maximum atomic E-state index is 13.0. The average Bonchev–Trinajstić information content (AvgIpc) is 2.45. The Kier molecular flexibility index (Phi) is 3.43. The lowest BCUT2D eigenvalue weighted by molar-refractivity contribution is -0.196. The Bertz CT molecular complexity index is 676. The number of fused-ring (bicyclic) bond motifs is 4. The lowest BCUT2D eigenvalue weighted by Crippen LogP contribution is -2.75. The van der Waals surface area contributed by atoms with E-state index in [2.05, 4.69) is 0 Å². The second-order valence-corrected chi connectivity index (χ2v) is 8.40. The molecular formula is C20H24O4. The minimum Gasteiger partial charge on any atom is -0.294 e. The molecule has 4 heteroatoms. The van der Waals surface area contributed by atoms with Crippen molar-refractivity contribution in [3.8, 4) is 0 Å². The fraction of sp³-hybridized carbons (Fsp3) is 0.600. The first-order chi connectivity index (χ1) is 11.0. The van der Waals surface area contributed by atoms with E-state index in [1.807, 2.05) is 27.7 Å². The number of Topliss-reactive ketones (excluding diaryl/α,β-unsaturated/α-hetero) is 2. The fourth-order valence-corrected chi connectivity index (χ4v) is 5.11. The summed E-state index contributed by atoms with van der Waals surface area (Å²) in [4.78, 5) is 51.7. The predicted molar refractivity (Wildman–Crippen MR) is 89.1 cm³/mol. The van der Waals surface area contributed by atoms with E-state index >= 15 is 0 Å². The van der Waals surface area contributed by atoms with Crippen LogP contribution in [0.1, 0.15) is 41.5 Å². The predicted octanol–water partition coefficient (Wildman–Crippen LogP) is 2.71. The van der Waals surface area contributed by atoms with Gasteiger partial charge in [-0.3, -0.25) is 19.2 Å². The highest BCUT2D eigenvalue weighted by molar-refractivity contribution is 6.24. The average molecular weight is 328 g/mol. The maximum Gasteiger partial charge on any atom is 0.164 e. The van der Waals surface area contributed by atoms with Crippen molar-refractivity contribution in [2.45, 2.75) is 41.5 Å². The number of hydrogen-bond donors (Lipinski definition) is 0. The lowest BCUT2D eigenvalue weighted by Gasteiger charge is -2.65. The molecule has 0 aliphatic heterocycles. The molecule has 3 rings (SSSR count). The van der Waals surface area contributed by atoms with Crippen molar-refractivity contribution in [2.24, 2.45) is 34.5 Å². The summed E-state index contributed by atoms with van der Waals surface area (Å²) in [6.07, 6.45) is 2.82. The molecule has 0 aromatic carbocycles. The number of allylic oxidation sites excluding steroid dienone is 4. The van der Waals surface area contributed by atoms with E-state index < -0.39 is 22.7 Å². The van der Waals surface area contributed by atoms with E-state index in [-0.39, 0.29) is 35.0 Å². The SMILES string of the molecule is CC(C)C1=CC(=O)C2(C)C(C1=O)C1(C)C(=O)C=C(C(C)C)C(=O)C21. The zero-order valence-electron chi connectivity index (χ0n) is 15.1. The Balaban J connectivity index is 2.19. The van der Waals surface area contributed by atoms with Gasteiger partial charge in [0.05, 0.1) is 10.8 Å². The summed E-state index contributed by atoms with van der Waals surface area (Å²) in [6, 6.07) is 0. The fourth-order valence-electron chi connectivity index (χ4n) is 5.11. The molecule has 0 radical (unpaired) electrons. The Labute approximate surface area is 142 Å². The van der Waals surface area contributed by atoms with Crippen LogP contribution in [0.3, 0.4) is 0 Å². The Hall–Kier alpha value is -1.84. The number of ketones is 4. The molecule has 0 bridgehead atoms. The van der Waals surface area contributed by atoms with Gasteiger partial charge < -0.3 is 0 Å². The Morgan fingerprint density at radius 1 is 0.708 bits per heavy atom. The molecule has 1 saturated carbocycles. The molecule has 0 saturated heterocycles. The molecule has 0 aromatic rings. The highest BCUT2D eigenvalue weighted by Gasteiger charge is 2.78. The van der Waals surface area contributed by atoms with E-state index in [4.69, 9.17) is 0 Å². The van der Waals surface area contributed by atoms with Gasteiger partial charge in [0.25, 0.3) is 0 Å². The van der Waals surface area contributed by atoms with Crippen molar-refractivity contribution in [1.29, 1.82) is 0 Å². The topological polar surface area (TPSA) is 68.3 Å². The van der Waals surface area contributed by atoms with Crippen LogP contribution in [0.4, 0.5) is 0 Å². The van der Waals surface area contributed by atoms with Crippen LogP contribution in [-0.2, 0) is 19.2 Å². The van der Waals surface area contributed by atoms with Gasteiger partial charge in [0.1, 0.15) is 0 Å². The van der Waals surface area contributed by atoms with Gasteiger partial charge in [0, 0.05) is 23.0 Å². The van der Waals surface area contributed by atoms with Crippen molar-refractivity contribution in [3.05, 3.63) is 23.3 Å². The third-order valence-electron chi connectivity index (χ3n) is 6.37. The van der Waals surface area contributed by atoms with Gasteiger partial charge in [-0.1, -0.05) is 41.5 Å². The monoisotopic (exact) mass is 328 g/mol. The van der Waals surface area contributed by atoms with Crippen molar-refractivity contribution in [3.63, 3.8) is 0 Å². The summed E-state index contributed by atoms with van der Waals surface area (Å²) in [5, 5.41) is 0. The second kappa shape index (κ2) is 4.84. The zero-order valence-corrected chi connectivity index (χ0v) is 15.1. The van der Waals surface area contributed by atoms with Crippen LogP contribution in [0.15, 0.2) is 23.3 Å². The van der Waals surface area contributed by atoms with Crippen molar-refractivity contribution in [2.75, 3.05) is 0 Å². The van der Waals surface area contributed by atoms with Crippen molar-refractivity contribution in [1.82, 2.24) is 0 Å². The summed E-state index contributed by atoms with van der Waals surface area (Å²) in [7, 11) is 0. The normalized spacial score (nSPS) is 38.7. The Morgan fingerprint density at radius 2 is 1.00 bits per heavy atom.